The Morgan fingerprint density at radius 2 is 1.80 bits per heavy atom. The molecule has 1 aromatic heterocycles. The Hall–Kier alpha value is -3.82. The Labute approximate surface area is 139 Å². The van der Waals surface area contributed by atoms with Crippen LogP contribution < -0.4 is 11.0 Å². The fourth-order valence-corrected chi connectivity index (χ4v) is 2.38. The van der Waals surface area contributed by atoms with E-state index in [1.54, 1.807) is 31.2 Å². The van der Waals surface area contributed by atoms with Crippen LogP contribution in [0.4, 0.5) is 17.1 Å². The summed E-state index contributed by atoms with van der Waals surface area (Å²) in [6, 6.07) is 9.82. The summed E-state index contributed by atoms with van der Waals surface area (Å²) in [5, 5.41) is 22.3. The summed E-state index contributed by atoms with van der Waals surface area (Å²) in [6.45, 7) is 1.57. The zero-order chi connectivity index (χ0) is 18.1. The van der Waals surface area contributed by atoms with E-state index < -0.39 is 26.8 Å². The third-order valence-corrected chi connectivity index (χ3v) is 3.56. The molecule has 0 unspecified atom stereocenters. The van der Waals surface area contributed by atoms with Crippen LogP contribution in [-0.2, 0) is 0 Å². The molecule has 0 bridgehead atoms. The molecule has 0 saturated heterocycles. The van der Waals surface area contributed by atoms with Gasteiger partial charge in [0.05, 0.1) is 26.8 Å². The molecule has 0 aliphatic rings. The Bertz CT molecular complexity index is 1080. The number of aromatic nitrogens is 2. The molecule has 0 aliphatic carbocycles. The minimum atomic E-state index is -0.760. The average Bonchev–Trinajstić information content (AvgIpc) is 2.58. The summed E-state index contributed by atoms with van der Waals surface area (Å²) in [6.07, 6.45) is 0. The standard InChI is InChI=1S/C15H11N5O5/c1-9-16-12-5-3-2-4-11(12)15(21)18(9)17-13-7-6-10(19(22)23)8-14(13)20(24)25/h2-8,17H,1H3. The molecular formula is C15H11N5O5. The van der Waals surface area contributed by atoms with Gasteiger partial charge in [-0.15, -0.1) is 0 Å². The molecule has 0 atom stereocenters. The van der Waals surface area contributed by atoms with Crippen LogP contribution in [0.25, 0.3) is 10.9 Å². The summed E-state index contributed by atoms with van der Waals surface area (Å²) >= 11 is 0. The fraction of sp³-hybridized carbons (Fsp3) is 0.0667. The van der Waals surface area contributed by atoms with Crippen LogP contribution in [0.2, 0.25) is 0 Å². The molecule has 25 heavy (non-hydrogen) atoms. The Kier molecular flexibility index (Phi) is 3.85. The van der Waals surface area contributed by atoms with Crippen molar-refractivity contribution in [2.24, 2.45) is 0 Å². The van der Waals surface area contributed by atoms with E-state index in [9.17, 15) is 25.0 Å². The highest BCUT2D eigenvalue weighted by Gasteiger charge is 2.20. The first-order chi connectivity index (χ1) is 11.9. The van der Waals surface area contributed by atoms with Crippen molar-refractivity contribution in [2.75, 3.05) is 5.43 Å². The lowest BCUT2D eigenvalue weighted by atomic mass is 10.2. The fourth-order valence-electron chi connectivity index (χ4n) is 2.38. The first-order valence-corrected chi connectivity index (χ1v) is 7.07. The lowest BCUT2D eigenvalue weighted by molar-refractivity contribution is -0.393. The van der Waals surface area contributed by atoms with Gasteiger partial charge in [-0.3, -0.25) is 30.4 Å². The monoisotopic (exact) mass is 341 g/mol. The number of nitrogens with one attached hydrogen (secondary N) is 1. The number of hydrogen-bond acceptors (Lipinski definition) is 7. The van der Waals surface area contributed by atoms with E-state index in [-0.39, 0.29) is 11.5 Å². The molecule has 0 radical (unpaired) electrons. The number of non-ortho nitro benzene ring substituents is 1. The molecule has 0 aliphatic heterocycles. The molecule has 0 amide bonds. The van der Waals surface area contributed by atoms with E-state index in [4.69, 9.17) is 0 Å². The number of nitrogens with zero attached hydrogens (tertiary/aromatic N) is 4. The second kappa shape index (κ2) is 6.00. The Balaban J connectivity index is 2.15. The van der Waals surface area contributed by atoms with E-state index in [0.717, 1.165) is 16.8 Å². The quantitative estimate of drug-likeness (QED) is 0.569. The van der Waals surface area contributed by atoms with Crippen molar-refractivity contribution >= 4 is 28.0 Å². The zero-order valence-electron chi connectivity index (χ0n) is 12.9. The van der Waals surface area contributed by atoms with Crippen LogP contribution >= 0.6 is 0 Å². The van der Waals surface area contributed by atoms with Gasteiger partial charge in [-0.25, -0.2) is 9.66 Å². The zero-order valence-corrected chi connectivity index (χ0v) is 12.9. The third kappa shape index (κ3) is 2.87. The molecule has 1 N–H and O–H groups in total. The molecule has 0 saturated carbocycles. The van der Waals surface area contributed by atoms with Crippen molar-refractivity contribution in [1.82, 2.24) is 9.66 Å². The maximum Gasteiger partial charge on any atom is 0.300 e. The van der Waals surface area contributed by atoms with Crippen molar-refractivity contribution in [3.63, 3.8) is 0 Å². The van der Waals surface area contributed by atoms with E-state index in [1.807, 2.05) is 0 Å². The highest BCUT2D eigenvalue weighted by molar-refractivity contribution is 5.77. The number of fused-ring (bicyclic) bond motifs is 1. The Morgan fingerprint density at radius 3 is 2.48 bits per heavy atom. The number of benzene rings is 2. The van der Waals surface area contributed by atoms with Crippen molar-refractivity contribution < 1.29 is 9.85 Å². The molecule has 10 heteroatoms. The van der Waals surface area contributed by atoms with Crippen LogP contribution in [0.15, 0.2) is 47.3 Å². The molecule has 10 nitrogen and oxygen atoms in total. The van der Waals surface area contributed by atoms with Gasteiger partial charge < -0.3 is 0 Å². The van der Waals surface area contributed by atoms with Crippen LogP contribution in [0, 0.1) is 27.2 Å². The van der Waals surface area contributed by atoms with Crippen molar-refractivity contribution in [1.29, 1.82) is 0 Å². The summed E-state index contributed by atoms with van der Waals surface area (Å²) < 4.78 is 1.07. The van der Waals surface area contributed by atoms with Gasteiger partial charge >= 0.3 is 5.69 Å². The number of para-hydroxylation sites is 1. The van der Waals surface area contributed by atoms with Gasteiger partial charge in [-0.1, -0.05) is 12.1 Å². The van der Waals surface area contributed by atoms with Crippen molar-refractivity contribution in [3.05, 3.63) is 78.9 Å². The molecule has 0 fully saturated rings. The van der Waals surface area contributed by atoms with E-state index in [0.29, 0.717) is 10.9 Å². The number of hydrogen-bond donors (Lipinski definition) is 1. The number of nitro benzene ring substituents is 2. The lowest BCUT2D eigenvalue weighted by Gasteiger charge is -2.13. The molecule has 1 heterocycles. The molecule has 3 rings (SSSR count). The summed E-state index contributed by atoms with van der Waals surface area (Å²) in [5.41, 5.74) is 1.70. The maximum atomic E-state index is 12.6. The van der Waals surface area contributed by atoms with Gasteiger partial charge in [0.1, 0.15) is 11.5 Å². The highest BCUT2D eigenvalue weighted by Crippen LogP contribution is 2.29. The number of anilines is 1. The van der Waals surface area contributed by atoms with Crippen LogP contribution in [0.3, 0.4) is 0 Å². The second-order valence-electron chi connectivity index (χ2n) is 5.14. The number of aryl methyl sites for hydroxylation is 1. The third-order valence-electron chi connectivity index (χ3n) is 3.56. The van der Waals surface area contributed by atoms with Gasteiger partial charge in [0.2, 0.25) is 0 Å². The first-order valence-electron chi connectivity index (χ1n) is 7.07. The summed E-state index contributed by atoms with van der Waals surface area (Å²) in [7, 11) is 0. The molecule has 3 aromatic rings. The Morgan fingerprint density at radius 1 is 1.08 bits per heavy atom. The first kappa shape index (κ1) is 16.1. The number of rotatable bonds is 4. The minimum Gasteiger partial charge on any atom is -0.283 e. The van der Waals surface area contributed by atoms with E-state index in [1.165, 1.54) is 6.07 Å². The van der Waals surface area contributed by atoms with E-state index in [2.05, 4.69) is 10.4 Å². The predicted octanol–water partition coefficient (Wildman–Crippen LogP) is 2.40. The molecular weight excluding hydrogens is 330 g/mol. The molecule has 126 valence electrons. The van der Waals surface area contributed by atoms with Gasteiger partial charge in [0.15, 0.2) is 0 Å². The van der Waals surface area contributed by atoms with Gasteiger partial charge in [0.25, 0.3) is 11.2 Å². The minimum absolute atomic E-state index is 0.0575. The van der Waals surface area contributed by atoms with E-state index >= 15 is 0 Å². The smallest absolute Gasteiger partial charge is 0.283 e. The maximum absolute atomic E-state index is 12.6. The second-order valence-corrected chi connectivity index (χ2v) is 5.14. The number of nitro groups is 2. The van der Waals surface area contributed by atoms with Crippen LogP contribution in [-0.4, -0.2) is 19.5 Å². The van der Waals surface area contributed by atoms with Gasteiger partial charge in [-0.2, -0.15) is 0 Å². The lowest BCUT2D eigenvalue weighted by Crippen LogP contribution is -2.29. The SMILES string of the molecule is Cc1nc2ccccc2c(=O)n1Nc1ccc([N+](=O)[O-])cc1[N+](=O)[O-]. The summed E-state index contributed by atoms with van der Waals surface area (Å²) in [4.78, 5) is 37.4. The van der Waals surface area contributed by atoms with Gasteiger partial charge in [0, 0.05) is 6.07 Å². The normalized spacial score (nSPS) is 10.6. The predicted molar refractivity (Wildman–Crippen MR) is 89.5 cm³/mol. The van der Waals surface area contributed by atoms with Crippen molar-refractivity contribution in [3.8, 4) is 0 Å². The topological polar surface area (TPSA) is 133 Å². The molecule has 0 spiro atoms. The van der Waals surface area contributed by atoms with Crippen LogP contribution in [0.5, 0.6) is 0 Å². The van der Waals surface area contributed by atoms with Crippen molar-refractivity contribution in [2.45, 2.75) is 6.92 Å². The van der Waals surface area contributed by atoms with Crippen LogP contribution in [0.1, 0.15) is 5.82 Å². The highest BCUT2D eigenvalue weighted by atomic mass is 16.6. The summed E-state index contributed by atoms with van der Waals surface area (Å²) in [5.74, 6) is 0.288. The largest absolute Gasteiger partial charge is 0.300 e. The van der Waals surface area contributed by atoms with Gasteiger partial charge in [-0.05, 0) is 25.1 Å². The average molecular weight is 341 g/mol. The molecule has 2 aromatic carbocycles.